The third kappa shape index (κ3) is 13.1. The van der Waals surface area contributed by atoms with Gasteiger partial charge in [0.1, 0.15) is 43.3 Å². The van der Waals surface area contributed by atoms with Crippen molar-refractivity contribution < 1.29 is 78.4 Å². The SMILES string of the molecule is C[C@@H]1O[C@@H](O[C@@H]2[C@@H](C)C[C@@H](C(=O)NCCCCc3cn(Cn4ccc5cc([N+](=O)[O-])ccc54)nn3)C[C@H]2O[C@@H]2O[C@H](CO)[C@H](O)[C@H](O[C@@H](CC3CCCCC3)C(=O)O)[C@H]2OC(=O)c2ccccc2)[C@@H](O)[C@H](O)[C@@H]1O. The number of carboxylic acids is 1. The maximum atomic E-state index is 14.1. The van der Waals surface area contributed by atoms with Crippen molar-refractivity contribution in [3.05, 3.63) is 88.4 Å². The number of aliphatic carboxylic acids is 1. The van der Waals surface area contributed by atoms with Gasteiger partial charge in [0.05, 0.1) is 52.8 Å². The minimum atomic E-state index is -1.70. The molecule has 0 unspecified atom stereocenters. The smallest absolute Gasteiger partial charge is 0.338 e. The van der Waals surface area contributed by atoms with E-state index in [0.717, 1.165) is 48.7 Å². The zero-order valence-electron chi connectivity index (χ0n) is 41.4. The molecule has 15 atom stereocenters. The maximum absolute atomic E-state index is 14.1. The van der Waals surface area contributed by atoms with Crippen molar-refractivity contribution in [2.45, 2.75) is 171 Å². The number of aryl methyl sites for hydroxylation is 1. The number of fused-ring (bicyclic) bond motifs is 1. The highest BCUT2D eigenvalue weighted by Gasteiger charge is 2.54. The first-order valence-electron chi connectivity index (χ1n) is 25.6. The molecule has 0 radical (unpaired) electrons. The summed E-state index contributed by atoms with van der Waals surface area (Å²) >= 11 is 0. The summed E-state index contributed by atoms with van der Waals surface area (Å²) in [5.41, 5.74) is 1.68. The van der Waals surface area contributed by atoms with E-state index in [1.165, 1.54) is 31.2 Å². The summed E-state index contributed by atoms with van der Waals surface area (Å²) in [5, 5.41) is 88.4. The van der Waals surface area contributed by atoms with Gasteiger partial charge in [0.2, 0.25) is 5.91 Å². The summed E-state index contributed by atoms with van der Waals surface area (Å²) in [7, 11) is 0. The van der Waals surface area contributed by atoms with Crippen LogP contribution in [-0.4, -0.2) is 166 Å². The molecule has 2 saturated heterocycles. The molecule has 1 amide bonds. The highest BCUT2D eigenvalue weighted by atomic mass is 16.7. The molecule has 2 aliphatic heterocycles. The summed E-state index contributed by atoms with van der Waals surface area (Å²) in [6.45, 7) is 3.19. The lowest BCUT2D eigenvalue weighted by atomic mass is 9.77. The van der Waals surface area contributed by atoms with Gasteiger partial charge in [-0.3, -0.25) is 14.9 Å². The fraction of sp³-hybridized carbons (Fsp3) is 0.627. The zero-order chi connectivity index (χ0) is 52.6. The van der Waals surface area contributed by atoms with E-state index in [1.54, 1.807) is 41.9 Å². The number of amides is 1. The highest BCUT2D eigenvalue weighted by Crippen LogP contribution is 2.39. The first kappa shape index (κ1) is 54.8. The Bertz CT molecular complexity index is 2510. The Kier molecular flexibility index (Phi) is 18.4. The number of aliphatic hydroxyl groups is 5. The molecule has 4 aliphatic rings. The van der Waals surface area contributed by atoms with Gasteiger partial charge in [-0.1, -0.05) is 62.4 Å². The quantitative estimate of drug-likeness (QED) is 0.0273. The van der Waals surface area contributed by atoms with Crippen LogP contribution in [0.3, 0.4) is 0 Å². The number of nitrogens with one attached hydrogen (secondary N) is 1. The van der Waals surface area contributed by atoms with Crippen LogP contribution < -0.4 is 5.32 Å². The lowest BCUT2D eigenvalue weighted by molar-refractivity contribution is -0.384. The van der Waals surface area contributed by atoms with E-state index in [0.29, 0.717) is 32.5 Å². The van der Waals surface area contributed by atoms with Gasteiger partial charge in [0, 0.05) is 36.2 Å². The number of carboxylic acid groups (broad SMARTS) is 1. The predicted molar refractivity (Wildman–Crippen MR) is 259 cm³/mol. The van der Waals surface area contributed by atoms with Crippen LogP contribution in [0.2, 0.25) is 0 Å². The Balaban J connectivity index is 0.971. The lowest BCUT2D eigenvalue weighted by Gasteiger charge is -2.48. The first-order chi connectivity index (χ1) is 35.6. The van der Waals surface area contributed by atoms with Gasteiger partial charge in [-0.05, 0) is 81.5 Å². The zero-order valence-corrected chi connectivity index (χ0v) is 41.4. The van der Waals surface area contributed by atoms with E-state index in [1.807, 2.05) is 17.0 Å². The number of nitrogens with zero attached hydrogens (tertiary/aromatic N) is 5. The number of nitro groups is 1. The summed E-state index contributed by atoms with van der Waals surface area (Å²) in [5.74, 6) is -3.64. The number of aliphatic hydroxyl groups excluding tert-OH is 5. The van der Waals surface area contributed by atoms with Gasteiger partial charge in [-0.25, -0.2) is 14.3 Å². The van der Waals surface area contributed by atoms with E-state index in [-0.39, 0.29) is 42.3 Å². The molecule has 8 rings (SSSR count). The van der Waals surface area contributed by atoms with E-state index < -0.39 is 115 Å². The van der Waals surface area contributed by atoms with Gasteiger partial charge >= 0.3 is 11.9 Å². The fourth-order valence-electron chi connectivity index (χ4n) is 10.7. The van der Waals surface area contributed by atoms with E-state index >= 15 is 0 Å². The molecule has 0 bridgehead atoms. The van der Waals surface area contributed by atoms with Crippen molar-refractivity contribution in [2.75, 3.05) is 13.2 Å². The molecule has 23 heteroatoms. The molecule has 4 heterocycles. The first-order valence-corrected chi connectivity index (χ1v) is 25.6. The normalized spacial score (nSPS) is 31.2. The second-order valence-corrected chi connectivity index (χ2v) is 20.1. The van der Waals surface area contributed by atoms with E-state index in [4.69, 9.17) is 28.4 Å². The highest BCUT2D eigenvalue weighted by molar-refractivity contribution is 5.89. The van der Waals surface area contributed by atoms with Gasteiger partial charge < -0.3 is 68.9 Å². The van der Waals surface area contributed by atoms with Crippen LogP contribution in [0, 0.1) is 27.9 Å². The van der Waals surface area contributed by atoms with Gasteiger partial charge in [-0.15, -0.1) is 5.10 Å². The summed E-state index contributed by atoms with van der Waals surface area (Å²) in [4.78, 5) is 51.5. The van der Waals surface area contributed by atoms with E-state index in [2.05, 4.69) is 15.6 Å². The number of carbonyl (C=O) groups is 3. The van der Waals surface area contributed by atoms with Crippen molar-refractivity contribution >= 4 is 34.4 Å². The topological polar surface area (TPSA) is 319 Å². The number of esters is 1. The van der Waals surface area contributed by atoms with Gasteiger partial charge in [-0.2, -0.15) is 0 Å². The van der Waals surface area contributed by atoms with Crippen LogP contribution in [0.1, 0.15) is 94.1 Å². The number of carbonyl (C=O) groups excluding carboxylic acids is 2. The van der Waals surface area contributed by atoms with Crippen molar-refractivity contribution in [3.8, 4) is 0 Å². The van der Waals surface area contributed by atoms with Crippen molar-refractivity contribution in [2.24, 2.45) is 17.8 Å². The fourth-order valence-corrected chi connectivity index (χ4v) is 10.7. The Morgan fingerprint density at radius 2 is 1.66 bits per heavy atom. The summed E-state index contributed by atoms with van der Waals surface area (Å²) < 4.78 is 41.0. The third-order valence-electron chi connectivity index (χ3n) is 14.8. The Morgan fingerprint density at radius 3 is 2.39 bits per heavy atom. The minimum absolute atomic E-state index is 0.00730. The predicted octanol–water partition coefficient (Wildman–Crippen LogP) is 2.84. The van der Waals surface area contributed by atoms with Gasteiger partial charge in [0.15, 0.2) is 24.8 Å². The van der Waals surface area contributed by atoms with Crippen LogP contribution in [0.15, 0.2) is 67.0 Å². The number of nitro benzene ring substituents is 1. The molecule has 2 saturated carbocycles. The Hall–Kier alpha value is -5.47. The molecule has 404 valence electrons. The molecule has 4 fully saturated rings. The monoisotopic (exact) mass is 1040 g/mol. The summed E-state index contributed by atoms with van der Waals surface area (Å²) in [6.07, 6.45) is -8.45. The van der Waals surface area contributed by atoms with Crippen LogP contribution >= 0.6 is 0 Å². The number of benzene rings is 2. The molecule has 2 aliphatic carbocycles. The molecule has 2 aromatic heterocycles. The average molecular weight is 1040 g/mol. The Labute approximate surface area is 426 Å². The van der Waals surface area contributed by atoms with Crippen molar-refractivity contribution in [3.63, 3.8) is 0 Å². The van der Waals surface area contributed by atoms with Crippen LogP contribution in [-0.2, 0) is 51.1 Å². The maximum Gasteiger partial charge on any atom is 0.338 e. The van der Waals surface area contributed by atoms with Crippen molar-refractivity contribution in [1.29, 1.82) is 0 Å². The largest absolute Gasteiger partial charge is 0.479 e. The van der Waals surface area contributed by atoms with Crippen LogP contribution in [0.4, 0.5) is 5.69 Å². The van der Waals surface area contributed by atoms with Crippen LogP contribution in [0.5, 0.6) is 0 Å². The molecular weight excluding hydrogens is 969 g/mol. The Morgan fingerprint density at radius 1 is 0.892 bits per heavy atom. The number of non-ortho nitro benzene ring substituents is 1. The standard InChI is InChI=1S/C51H68N6O17/c1-28-21-33(47(63)52-19-10-9-15-34-25-56(54-53-34)27-55-20-18-32-23-35(57(67)68)16-17-36(32)55)24-37(44(28)74-50-43(62)42(61)40(59)29(2)69-50)71-51-46(73-49(66)31-13-7-4-8-14-31)45(41(60)39(26-58)72-51)70-38(48(64)65)22-30-11-5-3-6-12-30/h4,7-8,13-14,16-18,20,23,25,28-30,33,37-46,50-51,58-62H,3,5-6,9-12,15,19,21-22,24,26-27H2,1-2H3,(H,52,63)(H,64,65)/t28-,29-,33+,37+,38-,39+,40+,41-,42+,43-,44+,45-,46+,50-,51+/m0/s1. The molecule has 2 aromatic carbocycles. The average Bonchev–Trinajstić information content (AvgIpc) is 4.03. The lowest BCUT2D eigenvalue weighted by Crippen LogP contribution is -2.64. The molecule has 74 heavy (non-hydrogen) atoms. The number of ether oxygens (including phenoxy) is 6. The van der Waals surface area contributed by atoms with Crippen molar-refractivity contribution in [1.82, 2.24) is 24.9 Å². The second-order valence-electron chi connectivity index (χ2n) is 20.1. The second kappa shape index (κ2) is 24.9. The third-order valence-corrected chi connectivity index (χ3v) is 14.8. The number of unbranched alkanes of at least 4 members (excludes halogenated alkanes) is 1. The molecule has 23 nitrogen and oxygen atoms in total. The van der Waals surface area contributed by atoms with Crippen LogP contribution in [0.25, 0.3) is 10.9 Å². The number of rotatable bonds is 21. The number of hydrogen-bond donors (Lipinski definition) is 7. The minimum Gasteiger partial charge on any atom is -0.479 e. The summed E-state index contributed by atoms with van der Waals surface area (Å²) in [6, 6.07) is 14.4. The molecule has 0 spiro atoms. The molecular formula is C51H68N6O17. The molecule has 7 N–H and O–H groups in total. The number of hydrogen-bond acceptors (Lipinski definition) is 18. The van der Waals surface area contributed by atoms with E-state index in [9.17, 15) is 55.1 Å². The van der Waals surface area contributed by atoms with Gasteiger partial charge in [0.25, 0.3) is 5.69 Å². The number of aromatic nitrogens is 4. The molecule has 4 aromatic rings.